The summed E-state index contributed by atoms with van der Waals surface area (Å²) in [6.45, 7) is 0. The molecule has 1 aliphatic heterocycles. The Bertz CT molecular complexity index is 1190. The molecule has 168 valence electrons. The first kappa shape index (κ1) is 23.4. The normalized spacial score (nSPS) is 14.3. The van der Waals surface area contributed by atoms with E-state index in [2.05, 4.69) is 21.2 Å². The zero-order valence-electron chi connectivity index (χ0n) is 16.5. The molecule has 10 heteroatoms. The van der Waals surface area contributed by atoms with E-state index in [1.807, 2.05) is 0 Å². The fraction of sp³-hybridized carbons (Fsp3) is 0.0435. The first-order valence-electron chi connectivity index (χ1n) is 9.40. The topological polar surface area (TPSA) is 49.4 Å². The highest BCUT2D eigenvalue weighted by atomic mass is 79.9. The Hall–Kier alpha value is -2.75. The van der Waals surface area contributed by atoms with Crippen molar-refractivity contribution in [3.8, 4) is 0 Å². The molecule has 0 spiro atoms. The molecular weight excluding hydrogens is 541 g/mol. The number of rotatable bonds is 5. The van der Waals surface area contributed by atoms with Crippen LogP contribution in [0.1, 0.15) is 5.56 Å². The third-order valence-corrected chi connectivity index (χ3v) is 6.49. The highest BCUT2D eigenvalue weighted by Gasteiger charge is 2.41. The van der Waals surface area contributed by atoms with Crippen LogP contribution >= 0.6 is 39.3 Å². The SMILES string of the molecule is O=C1C(Nc2ccc(Br)cc2)=C(Sc2ccc(Cl)cc2)C(=O)N1c1cccc(C(F)(F)F)c1. The first-order valence-corrected chi connectivity index (χ1v) is 11.4. The Morgan fingerprint density at radius 3 is 2.21 bits per heavy atom. The minimum atomic E-state index is -4.62. The lowest BCUT2D eigenvalue weighted by atomic mass is 10.2. The summed E-state index contributed by atoms with van der Waals surface area (Å²) in [4.78, 5) is 28.0. The molecule has 0 bridgehead atoms. The van der Waals surface area contributed by atoms with E-state index in [0.717, 1.165) is 39.3 Å². The average Bonchev–Trinajstić information content (AvgIpc) is 3.00. The van der Waals surface area contributed by atoms with Crippen molar-refractivity contribution < 1.29 is 22.8 Å². The van der Waals surface area contributed by atoms with E-state index >= 15 is 0 Å². The highest BCUT2D eigenvalue weighted by Crippen LogP contribution is 2.39. The molecule has 0 aliphatic carbocycles. The number of thioether (sulfide) groups is 1. The van der Waals surface area contributed by atoms with Crippen LogP contribution in [0.4, 0.5) is 24.5 Å². The Balaban J connectivity index is 1.75. The molecule has 1 aliphatic rings. The molecule has 0 radical (unpaired) electrons. The van der Waals surface area contributed by atoms with Gasteiger partial charge in [-0.1, -0.05) is 45.4 Å². The van der Waals surface area contributed by atoms with E-state index in [-0.39, 0.29) is 16.3 Å². The van der Waals surface area contributed by atoms with E-state index in [4.69, 9.17) is 11.6 Å². The van der Waals surface area contributed by atoms with Crippen LogP contribution in [0.2, 0.25) is 5.02 Å². The Labute approximate surface area is 204 Å². The summed E-state index contributed by atoms with van der Waals surface area (Å²) in [5, 5.41) is 3.45. The van der Waals surface area contributed by atoms with E-state index in [1.165, 1.54) is 6.07 Å². The van der Waals surface area contributed by atoms with Crippen molar-refractivity contribution >= 4 is 62.5 Å². The van der Waals surface area contributed by atoms with Gasteiger partial charge < -0.3 is 5.32 Å². The number of nitrogens with zero attached hydrogens (tertiary/aromatic N) is 1. The van der Waals surface area contributed by atoms with Crippen LogP contribution in [0.3, 0.4) is 0 Å². The zero-order valence-corrected chi connectivity index (χ0v) is 19.6. The minimum Gasteiger partial charge on any atom is -0.350 e. The molecule has 0 aromatic heterocycles. The monoisotopic (exact) mass is 552 g/mol. The van der Waals surface area contributed by atoms with Crippen molar-refractivity contribution in [2.45, 2.75) is 11.1 Å². The molecule has 0 saturated heterocycles. The number of imide groups is 1. The highest BCUT2D eigenvalue weighted by molar-refractivity contribution is 9.10. The van der Waals surface area contributed by atoms with Crippen molar-refractivity contribution in [3.63, 3.8) is 0 Å². The molecule has 3 aromatic carbocycles. The number of hydrogen-bond donors (Lipinski definition) is 1. The predicted molar refractivity (Wildman–Crippen MR) is 126 cm³/mol. The molecule has 0 atom stereocenters. The third-order valence-electron chi connectivity index (χ3n) is 4.62. The summed E-state index contributed by atoms with van der Waals surface area (Å²) >= 11 is 10.3. The number of hydrogen-bond acceptors (Lipinski definition) is 4. The van der Waals surface area contributed by atoms with E-state index in [0.29, 0.717) is 15.6 Å². The maximum Gasteiger partial charge on any atom is 0.416 e. The van der Waals surface area contributed by atoms with Gasteiger partial charge in [-0.15, -0.1) is 0 Å². The lowest BCUT2D eigenvalue weighted by Gasteiger charge is -2.17. The molecule has 4 nitrogen and oxygen atoms in total. The predicted octanol–water partition coefficient (Wildman–Crippen LogP) is 7.11. The molecule has 0 unspecified atom stereocenters. The number of halogens is 5. The molecule has 1 N–H and O–H groups in total. The minimum absolute atomic E-state index is 0.0281. The number of nitrogens with one attached hydrogen (secondary N) is 1. The van der Waals surface area contributed by atoms with E-state index in [1.54, 1.807) is 48.5 Å². The summed E-state index contributed by atoms with van der Waals surface area (Å²) in [6.07, 6.45) is -4.62. The van der Waals surface area contributed by atoms with Gasteiger partial charge in [0.1, 0.15) is 10.6 Å². The second kappa shape index (κ2) is 9.24. The number of carbonyl (C=O) groups is 2. The third kappa shape index (κ3) is 5.10. The smallest absolute Gasteiger partial charge is 0.350 e. The van der Waals surface area contributed by atoms with Gasteiger partial charge in [0, 0.05) is 20.1 Å². The standard InChI is InChI=1S/C23H13BrClF3N2O2S/c24-14-4-8-16(9-5-14)29-19-20(33-18-10-6-15(25)7-11-18)22(32)30(21(19)31)17-3-1-2-13(12-17)23(26,27)28/h1-12,29H. The van der Waals surface area contributed by atoms with Crippen molar-refractivity contribution in [1.82, 2.24) is 0 Å². The summed E-state index contributed by atoms with van der Waals surface area (Å²) in [6, 6.07) is 17.7. The maximum absolute atomic E-state index is 13.3. The van der Waals surface area contributed by atoms with Gasteiger partial charge in [-0.2, -0.15) is 13.2 Å². The van der Waals surface area contributed by atoms with Crippen LogP contribution < -0.4 is 10.2 Å². The lowest BCUT2D eigenvalue weighted by molar-refractivity contribution is -0.137. The summed E-state index contributed by atoms with van der Waals surface area (Å²) in [7, 11) is 0. The van der Waals surface area contributed by atoms with Gasteiger partial charge in [-0.25, -0.2) is 4.90 Å². The number of anilines is 2. The van der Waals surface area contributed by atoms with Crippen LogP contribution in [0, 0.1) is 0 Å². The molecule has 3 aromatic rings. The summed E-state index contributed by atoms with van der Waals surface area (Å²) < 4.78 is 40.5. The van der Waals surface area contributed by atoms with Gasteiger partial charge in [-0.05, 0) is 66.7 Å². The van der Waals surface area contributed by atoms with Crippen LogP contribution in [-0.4, -0.2) is 11.8 Å². The number of benzene rings is 3. The largest absolute Gasteiger partial charge is 0.416 e. The van der Waals surface area contributed by atoms with E-state index < -0.39 is 23.6 Å². The van der Waals surface area contributed by atoms with E-state index in [9.17, 15) is 22.8 Å². The fourth-order valence-corrected chi connectivity index (χ4v) is 4.39. The zero-order chi connectivity index (χ0) is 23.8. The Morgan fingerprint density at radius 1 is 0.909 bits per heavy atom. The molecule has 1 heterocycles. The lowest BCUT2D eigenvalue weighted by Crippen LogP contribution is -2.32. The summed E-state index contributed by atoms with van der Waals surface area (Å²) in [5.41, 5.74) is -0.613. The second-order valence-electron chi connectivity index (χ2n) is 6.89. The summed E-state index contributed by atoms with van der Waals surface area (Å²) in [5.74, 6) is -1.47. The molecule has 0 saturated carbocycles. The van der Waals surface area contributed by atoms with Gasteiger partial charge in [0.05, 0.1) is 11.3 Å². The van der Waals surface area contributed by atoms with Crippen LogP contribution in [0.15, 0.2) is 92.8 Å². The Kier molecular flexibility index (Phi) is 6.56. The van der Waals surface area contributed by atoms with Gasteiger partial charge in [0.15, 0.2) is 0 Å². The van der Waals surface area contributed by atoms with Crippen molar-refractivity contribution in [2.24, 2.45) is 0 Å². The van der Waals surface area contributed by atoms with Gasteiger partial charge in [0.25, 0.3) is 11.8 Å². The van der Waals surface area contributed by atoms with Crippen LogP contribution in [-0.2, 0) is 15.8 Å². The average molecular weight is 554 g/mol. The van der Waals surface area contributed by atoms with Gasteiger partial charge >= 0.3 is 6.18 Å². The van der Waals surface area contributed by atoms with Gasteiger partial charge in [0.2, 0.25) is 0 Å². The maximum atomic E-state index is 13.3. The fourth-order valence-electron chi connectivity index (χ4n) is 3.07. The second-order valence-corrected chi connectivity index (χ2v) is 9.32. The molecule has 0 fully saturated rings. The Morgan fingerprint density at radius 2 is 1.58 bits per heavy atom. The quantitative estimate of drug-likeness (QED) is 0.342. The molecular formula is C23H13BrClF3N2O2S. The molecule has 4 rings (SSSR count). The molecule has 2 amide bonds. The van der Waals surface area contributed by atoms with Crippen LogP contribution in [0.5, 0.6) is 0 Å². The molecule has 33 heavy (non-hydrogen) atoms. The van der Waals surface area contributed by atoms with Crippen molar-refractivity contribution in [2.75, 3.05) is 10.2 Å². The number of amides is 2. The first-order chi connectivity index (χ1) is 15.6. The van der Waals surface area contributed by atoms with Crippen molar-refractivity contribution in [1.29, 1.82) is 0 Å². The number of alkyl halides is 3. The van der Waals surface area contributed by atoms with Crippen molar-refractivity contribution in [3.05, 3.63) is 98.5 Å². The van der Waals surface area contributed by atoms with Gasteiger partial charge in [-0.3, -0.25) is 9.59 Å². The number of carbonyl (C=O) groups excluding carboxylic acids is 2. The van der Waals surface area contributed by atoms with Crippen LogP contribution in [0.25, 0.3) is 0 Å².